The number of ether oxygens (including phenoxy) is 1. The van der Waals surface area contributed by atoms with Gasteiger partial charge in [-0.15, -0.1) is 0 Å². The summed E-state index contributed by atoms with van der Waals surface area (Å²) in [6.45, 7) is 2.06. The Morgan fingerprint density at radius 3 is 2.44 bits per heavy atom. The van der Waals surface area contributed by atoms with Crippen LogP contribution in [0.3, 0.4) is 0 Å². The molecule has 18 heavy (non-hydrogen) atoms. The standard InChI is InChI=1S/C15H16ClNO/c1-2-14(17)13-5-3-4-6-15(13)18-12-9-7-11(16)8-10-12/h3-10,14H,2,17H2,1H3. The Bertz CT molecular complexity index is 510. The fraction of sp³-hybridized carbons (Fsp3) is 0.200. The molecule has 94 valence electrons. The molecular formula is C15H16ClNO. The van der Waals surface area contributed by atoms with Crippen LogP contribution in [-0.4, -0.2) is 0 Å². The molecule has 0 saturated carbocycles. The highest BCUT2D eigenvalue weighted by Crippen LogP contribution is 2.30. The first kappa shape index (κ1) is 12.9. The molecule has 0 aromatic heterocycles. The Kier molecular flexibility index (Phi) is 4.24. The van der Waals surface area contributed by atoms with Gasteiger partial charge >= 0.3 is 0 Å². The predicted octanol–water partition coefficient (Wildman–Crippen LogP) is 4.54. The molecule has 2 aromatic carbocycles. The van der Waals surface area contributed by atoms with E-state index in [-0.39, 0.29) is 6.04 Å². The molecule has 0 fully saturated rings. The molecule has 0 heterocycles. The third kappa shape index (κ3) is 3.03. The summed E-state index contributed by atoms with van der Waals surface area (Å²) < 4.78 is 5.85. The van der Waals surface area contributed by atoms with Crippen LogP contribution in [0.25, 0.3) is 0 Å². The molecule has 0 aliphatic carbocycles. The smallest absolute Gasteiger partial charge is 0.132 e. The zero-order valence-corrected chi connectivity index (χ0v) is 11.0. The molecule has 2 nitrogen and oxygen atoms in total. The van der Waals surface area contributed by atoms with Crippen LogP contribution < -0.4 is 10.5 Å². The average molecular weight is 262 g/mol. The summed E-state index contributed by atoms with van der Waals surface area (Å²) in [5.41, 5.74) is 7.09. The van der Waals surface area contributed by atoms with Gasteiger partial charge in [0.15, 0.2) is 0 Å². The van der Waals surface area contributed by atoms with Crippen molar-refractivity contribution in [1.82, 2.24) is 0 Å². The van der Waals surface area contributed by atoms with Crippen LogP contribution in [0.1, 0.15) is 24.9 Å². The topological polar surface area (TPSA) is 35.2 Å². The lowest BCUT2D eigenvalue weighted by atomic mass is 10.0. The molecule has 0 radical (unpaired) electrons. The van der Waals surface area contributed by atoms with Gasteiger partial charge in [-0.3, -0.25) is 0 Å². The van der Waals surface area contributed by atoms with Crippen LogP contribution in [0.4, 0.5) is 0 Å². The summed E-state index contributed by atoms with van der Waals surface area (Å²) >= 11 is 5.84. The Morgan fingerprint density at radius 1 is 1.11 bits per heavy atom. The highest BCUT2D eigenvalue weighted by Gasteiger charge is 2.10. The van der Waals surface area contributed by atoms with Gasteiger partial charge in [0, 0.05) is 16.6 Å². The summed E-state index contributed by atoms with van der Waals surface area (Å²) in [5, 5.41) is 0.695. The number of benzene rings is 2. The van der Waals surface area contributed by atoms with Gasteiger partial charge in [-0.1, -0.05) is 36.7 Å². The van der Waals surface area contributed by atoms with E-state index in [2.05, 4.69) is 6.92 Å². The maximum Gasteiger partial charge on any atom is 0.132 e. The average Bonchev–Trinajstić information content (AvgIpc) is 2.41. The second-order valence-corrected chi connectivity index (χ2v) is 4.54. The molecular weight excluding hydrogens is 246 g/mol. The fourth-order valence-corrected chi connectivity index (χ4v) is 1.86. The molecule has 0 bridgehead atoms. The molecule has 3 heteroatoms. The van der Waals surface area contributed by atoms with Gasteiger partial charge in [0.05, 0.1) is 0 Å². The van der Waals surface area contributed by atoms with Gasteiger partial charge in [0.25, 0.3) is 0 Å². The number of hydrogen-bond donors (Lipinski definition) is 1. The summed E-state index contributed by atoms with van der Waals surface area (Å²) in [4.78, 5) is 0. The number of nitrogens with two attached hydrogens (primary N) is 1. The third-order valence-corrected chi connectivity index (χ3v) is 3.05. The van der Waals surface area contributed by atoms with E-state index < -0.39 is 0 Å². The third-order valence-electron chi connectivity index (χ3n) is 2.80. The van der Waals surface area contributed by atoms with Crippen molar-refractivity contribution in [2.45, 2.75) is 19.4 Å². The Labute approximate surface area is 112 Å². The molecule has 0 aliphatic heterocycles. The monoisotopic (exact) mass is 261 g/mol. The molecule has 0 saturated heterocycles. The zero-order valence-electron chi connectivity index (χ0n) is 10.3. The van der Waals surface area contributed by atoms with Crippen LogP contribution >= 0.6 is 11.6 Å². The van der Waals surface area contributed by atoms with Crippen LogP contribution in [0.15, 0.2) is 48.5 Å². The minimum absolute atomic E-state index is 0.00602. The van der Waals surface area contributed by atoms with Crippen molar-refractivity contribution in [2.24, 2.45) is 5.73 Å². The van der Waals surface area contributed by atoms with Crippen LogP contribution in [0.2, 0.25) is 5.02 Å². The van der Waals surface area contributed by atoms with Crippen LogP contribution in [0.5, 0.6) is 11.5 Å². The second-order valence-electron chi connectivity index (χ2n) is 4.11. The first-order valence-electron chi connectivity index (χ1n) is 5.98. The first-order chi connectivity index (χ1) is 8.70. The van der Waals surface area contributed by atoms with Crippen molar-refractivity contribution in [2.75, 3.05) is 0 Å². The quantitative estimate of drug-likeness (QED) is 0.877. The van der Waals surface area contributed by atoms with E-state index in [1.54, 1.807) is 12.1 Å². The van der Waals surface area contributed by atoms with Crippen molar-refractivity contribution in [3.05, 3.63) is 59.1 Å². The highest BCUT2D eigenvalue weighted by molar-refractivity contribution is 6.30. The van der Waals surface area contributed by atoms with Crippen molar-refractivity contribution < 1.29 is 4.74 Å². The van der Waals surface area contributed by atoms with Gasteiger partial charge in [0.2, 0.25) is 0 Å². The van der Waals surface area contributed by atoms with Gasteiger partial charge in [-0.2, -0.15) is 0 Å². The molecule has 0 spiro atoms. The van der Waals surface area contributed by atoms with E-state index in [1.165, 1.54) is 0 Å². The van der Waals surface area contributed by atoms with Crippen molar-refractivity contribution in [1.29, 1.82) is 0 Å². The van der Waals surface area contributed by atoms with E-state index in [1.807, 2.05) is 36.4 Å². The van der Waals surface area contributed by atoms with Crippen molar-refractivity contribution in [3.63, 3.8) is 0 Å². The molecule has 2 aromatic rings. The maximum atomic E-state index is 6.07. The highest BCUT2D eigenvalue weighted by atomic mass is 35.5. The largest absolute Gasteiger partial charge is 0.457 e. The van der Waals surface area contributed by atoms with Gasteiger partial charge in [0.1, 0.15) is 11.5 Å². The van der Waals surface area contributed by atoms with E-state index in [9.17, 15) is 0 Å². The Morgan fingerprint density at radius 2 is 1.78 bits per heavy atom. The summed E-state index contributed by atoms with van der Waals surface area (Å²) in [6.07, 6.45) is 0.876. The molecule has 2 N–H and O–H groups in total. The van der Waals surface area contributed by atoms with E-state index >= 15 is 0 Å². The Hall–Kier alpha value is -1.51. The first-order valence-corrected chi connectivity index (χ1v) is 6.36. The lowest BCUT2D eigenvalue weighted by molar-refractivity contribution is 0.468. The molecule has 2 rings (SSSR count). The van der Waals surface area contributed by atoms with Crippen LogP contribution in [0, 0.1) is 0 Å². The van der Waals surface area contributed by atoms with E-state index in [4.69, 9.17) is 22.1 Å². The number of para-hydroxylation sites is 1. The lowest BCUT2D eigenvalue weighted by Crippen LogP contribution is -2.09. The number of hydrogen-bond acceptors (Lipinski definition) is 2. The Balaban J connectivity index is 2.26. The lowest BCUT2D eigenvalue weighted by Gasteiger charge is -2.15. The molecule has 1 atom stereocenters. The number of rotatable bonds is 4. The van der Waals surface area contributed by atoms with Gasteiger partial charge < -0.3 is 10.5 Å². The molecule has 0 aliphatic rings. The van der Waals surface area contributed by atoms with E-state index in [0.717, 1.165) is 23.5 Å². The summed E-state index contributed by atoms with van der Waals surface area (Å²) in [6, 6.07) is 15.1. The fourth-order valence-electron chi connectivity index (χ4n) is 1.73. The summed E-state index contributed by atoms with van der Waals surface area (Å²) in [5.74, 6) is 1.56. The second kappa shape index (κ2) is 5.89. The summed E-state index contributed by atoms with van der Waals surface area (Å²) in [7, 11) is 0. The molecule has 0 amide bonds. The van der Waals surface area contributed by atoms with Crippen molar-refractivity contribution >= 4 is 11.6 Å². The number of halogens is 1. The van der Waals surface area contributed by atoms with Crippen LogP contribution in [-0.2, 0) is 0 Å². The minimum atomic E-state index is -0.00602. The normalized spacial score (nSPS) is 12.2. The maximum absolute atomic E-state index is 6.07. The van der Waals surface area contributed by atoms with E-state index in [0.29, 0.717) is 5.02 Å². The minimum Gasteiger partial charge on any atom is -0.457 e. The van der Waals surface area contributed by atoms with Crippen molar-refractivity contribution in [3.8, 4) is 11.5 Å². The zero-order chi connectivity index (χ0) is 13.0. The van der Waals surface area contributed by atoms with Gasteiger partial charge in [-0.25, -0.2) is 0 Å². The predicted molar refractivity (Wildman–Crippen MR) is 75.2 cm³/mol. The van der Waals surface area contributed by atoms with Gasteiger partial charge in [-0.05, 0) is 36.8 Å². The molecule has 1 unspecified atom stereocenters. The SMILES string of the molecule is CCC(N)c1ccccc1Oc1ccc(Cl)cc1.